The summed E-state index contributed by atoms with van der Waals surface area (Å²) >= 11 is 7.10. The molecule has 1 aliphatic heterocycles. The highest BCUT2D eigenvalue weighted by atomic mass is 35.5. The Morgan fingerprint density at radius 3 is 2.61 bits per heavy atom. The van der Waals surface area contributed by atoms with Crippen molar-refractivity contribution in [2.45, 2.75) is 33.7 Å². The lowest BCUT2D eigenvalue weighted by Gasteiger charge is -2.35. The van der Waals surface area contributed by atoms with Gasteiger partial charge in [0, 0.05) is 25.3 Å². The van der Waals surface area contributed by atoms with Gasteiger partial charge in [0.05, 0.1) is 21.5 Å². The van der Waals surface area contributed by atoms with Crippen LogP contribution >= 0.6 is 22.9 Å². The number of morpholine rings is 1. The molecule has 1 aromatic heterocycles. The van der Waals surface area contributed by atoms with Gasteiger partial charge < -0.3 is 20.3 Å². The van der Waals surface area contributed by atoms with E-state index in [0.717, 1.165) is 11.3 Å². The van der Waals surface area contributed by atoms with E-state index in [9.17, 15) is 18.8 Å². The fourth-order valence-electron chi connectivity index (χ4n) is 3.95. The van der Waals surface area contributed by atoms with Crippen LogP contribution < -0.4 is 15.5 Å². The van der Waals surface area contributed by atoms with Gasteiger partial charge in [0.2, 0.25) is 5.91 Å². The summed E-state index contributed by atoms with van der Waals surface area (Å²) < 4.78 is 20.5. The summed E-state index contributed by atoms with van der Waals surface area (Å²) in [7, 11) is 0. The molecule has 36 heavy (non-hydrogen) atoms. The smallest absolute Gasteiger partial charge is 0.261 e. The molecule has 2 aromatic rings. The maximum absolute atomic E-state index is 14.9. The van der Waals surface area contributed by atoms with Gasteiger partial charge >= 0.3 is 0 Å². The SMILES string of the molecule is CCN(CC(C)(C)C)[C@H](CNC(=O)c1ccc(Cl)s1)C(=O)Nc1ccc(N2CCOCC2=O)c(F)c1. The highest BCUT2D eigenvalue weighted by Crippen LogP contribution is 2.25. The van der Waals surface area contributed by atoms with Crippen LogP contribution in [-0.4, -0.2) is 68.1 Å². The molecule has 1 fully saturated rings. The molecule has 2 heterocycles. The standard InChI is InChI=1S/C25H32ClFN4O4S/c1-5-30(15-25(2,3)4)19(13-28-24(34)20-8-9-21(26)36-20)23(33)29-16-6-7-18(17(27)12-16)31-10-11-35-14-22(31)32/h6-9,12,19H,5,10-11,13-15H2,1-4H3,(H,28,34)(H,29,33)/t19-/m1/s1. The first-order valence-electron chi connectivity index (χ1n) is 11.7. The van der Waals surface area contributed by atoms with Gasteiger partial charge in [-0.15, -0.1) is 11.3 Å². The second-order valence-electron chi connectivity index (χ2n) is 9.71. The molecule has 0 saturated carbocycles. The molecule has 196 valence electrons. The van der Waals surface area contributed by atoms with Crippen LogP contribution in [0.5, 0.6) is 0 Å². The van der Waals surface area contributed by atoms with E-state index >= 15 is 0 Å². The van der Waals surface area contributed by atoms with Crippen LogP contribution in [0, 0.1) is 11.2 Å². The number of carbonyl (C=O) groups is 3. The summed E-state index contributed by atoms with van der Waals surface area (Å²) in [5.74, 6) is -1.63. The first-order valence-corrected chi connectivity index (χ1v) is 12.9. The molecule has 0 bridgehead atoms. The van der Waals surface area contributed by atoms with E-state index in [1.165, 1.54) is 17.0 Å². The minimum Gasteiger partial charge on any atom is -0.370 e. The van der Waals surface area contributed by atoms with Gasteiger partial charge in [0.25, 0.3) is 11.8 Å². The largest absolute Gasteiger partial charge is 0.370 e. The lowest BCUT2D eigenvalue weighted by atomic mass is 9.95. The van der Waals surface area contributed by atoms with Gasteiger partial charge in [0.15, 0.2) is 0 Å². The molecule has 0 radical (unpaired) electrons. The van der Waals surface area contributed by atoms with Gasteiger partial charge in [-0.05, 0) is 42.3 Å². The zero-order chi connectivity index (χ0) is 26.5. The number of rotatable bonds is 9. The fourth-order valence-corrected chi connectivity index (χ4v) is 4.91. The van der Waals surface area contributed by atoms with E-state index in [-0.39, 0.29) is 54.2 Å². The summed E-state index contributed by atoms with van der Waals surface area (Å²) in [6.45, 7) is 9.88. The van der Waals surface area contributed by atoms with Gasteiger partial charge in [-0.3, -0.25) is 19.3 Å². The average Bonchev–Trinajstić information content (AvgIpc) is 3.24. The van der Waals surface area contributed by atoms with E-state index in [0.29, 0.717) is 28.9 Å². The van der Waals surface area contributed by atoms with Crippen molar-refractivity contribution in [1.82, 2.24) is 10.2 Å². The van der Waals surface area contributed by atoms with Crippen LogP contribution in [0.1, 0.15) is 37.4 Å². The summed E-state index contributed by atoms with van der Waals surface area (Å²) in [6, 6.07) is 6.80. The molecule has 0 aliphatic carbocycles. The summed E-state index contributed by atoms with van der Waals surface area (Å²) in [4.78, 5) is 41.8. The Balaban J connectivity index is 1.76. The van der Waals surface area contributed by atoms with Crippen molar-refractivity contribution in [1.29, 1.82) is 0 Å². The lowest BCUT2D eigenvalue weighted by Crippen LogP contribution is -2.52. The van der Waals surface area contributed by atoms with E-state index < -0.39 is 11.9 Å². The van der Waals surface area contributed by atoms with E-state index in [4.69, 9.17) is 16.3 Å². The van der Waals surface area contributed by atoms with Crippen LogP contribution in [0.2, 0.25) is 4.34 Å². The van der Waals surface area contributed by atoms with Crippen LogP contribution in [-0.2, 0) is 14.3 Å². The molecule has 3 rings (SSSR count). The van der Waals surface area contributed by atoms with Crippen molar-refractivity contribution >= 4 is 52.0 Å². The van der Waals surface area contributed by atoms with Crippen molar-refractivity contribution in [3.05, 3.63) is 45.4 Å². The molecule has 1 aromatic carbocycles. The Bertz CT molecular complexity index is 1100. The second-order valence-corrected chi connectivity index (χ2v) is 11.4. The minimum absolute atomic E-state index is 0.0625. The first kappa shape index (κ1) is 28.0. The van der Waals surface area contributed by atoms with Gasteiger partial charge in [-0.25, -0.2) is 4.39 Å². The Hall–Kier alpha value is -2.53. The number of amides is 3. The van der Waals surface area contributed by atoms with Crippen LogP contribution in [0.25, 0.3) is 0 Å². The number of carbonyl (C=O) groups excluding carboxylic acids is 3. The molecule has 1 aliphatic rings. The topological polar surface area (TPSA) is 91.0 Å². The van der Waals surface area contributed by atoms with Gasteiger partial charge in [-0.2, -0.15) is 0 Å². The third-order valence-electron chi connectivity index (χ3n) is 5.57. The minimum atomic E-state index is -0.697. The second kappa shape index (κ2) is 12.1. The van der Waals surface area contributed by atoms with Crippen LogP contribution in [0.3, 0.4) is 0 Å². The number of hydrogen-bond donors (Lipinski definition) is 2. The zero-order valence-corrected chi connectivity index (χ0v) is 22.5. The summed E-state index contributed by atoms with van der Waals surface area (Å²) in [5.41, 5.74) is 0.302. The van der Waals surface area contributed by atoms with Crippen molar-refractivity contribution < 1.29 is 23.5 Å². The highest BCUT2D eigenvalue weighted by molar-refractivity contribution is 7.18. The number of hydrogen-bond acceptors (Lipinski definition) is 6. The van der Waals surface area contributed by atoms with E-state index in [2.05, 4.69) is 31.4 Å². The Kier molecular flexibility index (Phi) is 9.46. The predicted octanol–water partition coefficient (Wildman–Crippen LogP) is 4.01. The Morgan fingerprint density at radius 1 is 1.28 bits per heavy atom. The molecule has 11 heteroatoms. The third kappa shape index (κ3) is 7.49. The first-order chi connectivity index (χ1) is 17.0. The summed E-state index contributed by atoms with van der Waals surface area (Å²) in [6.07, 6.45) is 0. The van der Waals surface area contributed by atoms with Crippen LogP contribution in [0.4, 0.5) is 15.8 Å². The highest BCUT2D eigenvalue weighted by Gasteiger charge is 2.30. The number of halogens is 2. The quantitative estimate of drug-likeness (QED) is 0.503. The maximum Gasteiger partial charge on any atom is 0.261 e. The average molecular weight is 539 g/mol. The predicted molar refractivity (Wildman–Crippen MR) is 140 cm³/mol. The van der Waals surface area contributed by atoms with Crippen molar-refractivity contribution in [3.8, 4) is 0 Å². The number of ether oxygens (including phenoxy) is 1. The molecule has 3 amide bonds. The number of nitrogens with one attached hydrogen (secondary N) is 2. The van der Waals surface area contributed by atoms with Crippen molar-refractivity contribution in [3.63, 3.8) is 0 Å². The molecule has 0 unspecified atom stereocenters. The Morgan fingerprint density at radius 2 is 2.03 bits per heavy atom. The molecule has 1 atom stereocenters. The van der Waals surface area contributed by atoms with Gasteiger partial charge in [-0.1, -0.05) is 39.3 Å². The third-order valence-corrected chi connectivity index (χ3v) is 6.80. The van der Waals surface area contributed by atoms with E-state index in [1.54, 1.807) is 18.2 Å². The number of benzene rings is 1. The number of likely N-dealkylation sites (N-methyl/N-ethyl adjacent to an activating group) is 1. The molecule has 1 saturated heterocycles. The number of thiophene rings is 1. The molecule has 0 spiro atoms. The monoisotopic (exact) mass is 538 g/mol. The fraction of sp³-hybridized carbons (Fsp3) is 0.480. The summed E-state index contributed by atoms with van der Waals surface area (Å²) in [5, 5.41) is 5.60. The van der Waals surface area contributed by atoms with Gasteiger partial charge in [0.1, 0.15) is 18.5 Å². The molecule has 8 nitrogen and oxygen atoms in total. The lowest BCUT2D eigenvalue weighted by molar-refractivity contribution is -0.125. The Labute approximate surface area is 219 Å². The zero-order valence-electron chi connectivity index (χ0n) is 20.9. The normalized spacial score (nSPS) is 15.2. The molecule has 2 N–H and O–H groups in total. The van der Waals surface area contributed by atoms with Crippen molar-refractivity contribution in [2.75, 3.05) is 49.6 Å². The molecular weight excluding hydrogens is 507 g/mol. The number of nitrogens with zero attached hydrogens (tertiary/aromatic N) is 2. The van der Waals surface area contributed by atoms with E-state index in [1.807, 2.05) is 11.8 Å². The van der Waals surface area contributed by atoms with Crippen molar-refractivity contribution in [2.24, 2.45) is 5.41 Å². The van der Waals surface area contributed by atoms with Crippen LogP contribution in [0.15, 0.2) is 30.3 Å². The number of anilines is 2. The molecular formula is C25H32ClFN4O4S. The maximum atomic E-state index is 14.9.